The first-order valence-electron chi connectivity index (χ1n) is 7.37. The summed E-state index contributed by atoms with van der Waals surface area (Å²) in [6.07, 6.45) is 0.409. The number of nitrogens with one attached hydrogen (secondary N) is 1. The van der Waals surface area contributed by atoms with Crippen LogP contribution in [-0.4, -0.2) is 52.4 Å². The van der Waals surface area contributed by atoms with E-state index in [1.54, 1.807) is 21.3 Å². The standard InChI is InChI=1S/C16H23N3O3.2ClH/c1-20-14-5-4-12(15(21-2)16(14)22-3)13(6-7-17)19-10-8-18-9-11-19;;/h4-5,13,18H,6,8-11H2,1-3H3;2*1H/t13-;;/m0../s1. The molecule has 0 aromatic heterocycles. The average molecular weight is 378 g/mol. The highest BCUT2D eigenvalue weighted by atomic mass is 35.5. The van der Waals surface area contributed by atoms with E-state index in [1.165, 1.54) is 0 Å². The van der Waals surface area contributed by atoms with E-state index < -0.39 is 0 Å². The fourth-order valence-electron chi connectivity index (χ4n) is 2.90. The summed E-state index contributed by atoms with van der Waals surface area (Å²) in [5, 5.41) is 12.6. The van der Waals surface area contributed by atoms with Crippen molar-refractivity contribution in [2.45, 2.75) is 12.5 Å². The van der Waals surface area contributed by atoms with E-state index in [2.05, 4.69) is 16.3 Å². The zero-order chi connectivity index (χ0) is 15.9. The molecule has 1 N–H and O–H groups in total. The number of benzene rings is 1. The summed E-state index contributed by atoms with van der Waals surface area (Å²) in [7, 11) is 4.80. The Bertz CT molecular complexity index is 546. The molecular weight excluding hydrogens is 353 g/mol. The number of halogens is 2. The molecule has 0 bridgehead atoms. The van der Waals surface area contributed by atoms with Crippen LogP contribution in [0.25, 0.3) is 0 Å². The van der Waals surface area contributed by atoms with Crippen LogP contribution in [0.3, 0.4) is 0 Å². The largest absolute Gasteiger partial charge is 0.493 e. The highest BCUT2D eigenvalue weighted by molar-refractivity contribution is 5.85. The molecule has 24 heavy (non-hydrogen) atoms. The normalized spacial score (nSPS) is 15.2. The second-order valence-corrected chi connectivity index (χ2v) is 5.09. The Labute approximate surface area is 155 Å². The van der Waals surface area contributed by atoms with E-state index in [0.717, 1.165) is 31.7 Å². The molecule has 0 saturated carbocycles. The summed E-state index contributed by atoms with van der Waals surface area (Å²) in [5.74, 6) is 1.83. The van der Waals surface area contributed by atoms with Gasteiger partial charge in [-0.05, 0) is 12.1 Å². The Kier molecular flexibility index (Phi) is 10.6. The van der Waals surface area contributed by atoms with Crippen LogP contribution in [0.2, 0.25) is 0 Å². The third-order valence-corrected chi connectivity index (χ3v) is 3.97. The Balaban J connectivity index is 0.00000264. The van der Waals surface area contributed by atoms with Crippen molar-refractivity contribution in [3.05, 3.63) is 17.7 Å². The Morgan fingerprint density at radius 3 is 2.21 bits per heavy atom. The number of nitriles is 1. The second-order valence-electron chi connectivity index (χ2n) is 5.09. The van der Waals surface area contributed by atoms with Gasteiger partial charge >= 0.3 is 0 Å². The maximum absolute atomic E-state index is 9.23. The van der Waals surface area contributed by atoms with Gasteiger partial charge in [0.1, 0.15) is 0 Å². The number of rotatable bonds is 6. The maximum Gasteiger partial charge on any atom is 0.203 e. The molecule has 6 nitrogen and oxygen atoms in total. The van der Waals surface area contributed by atoms with Crippen LogP contribution in [0, 0.1) is 11.3 Å². The average Bonchev–Trinajstić information content (AvgIpc) is 2.59. The van der Waals surface area contributed by atoms with E-state index in [-0.39, 0.29) is 30.9 Å². The number of piperazine rings is 1. The lowest BCUT2D eigenvalue weighted by molar-refractivity contribution is 0.172. The first-order chi connectivity index (χ1) is 10.8. The predicted octanol–water partition coefficient (Wildman–Crippen LogP) is 2.42. The van der Waals surface area contributed by atoms with E-state index in [0.29, 0.717) is 23.7 Å². The van der Waals surface area contributed by atoms with Gasteiger partial charge in [0.25, 0.3) is 0 Å². The topological polar surface area (TPSA) is 66.8 Å². The zero-order valence-corrected chi connectivity index (χ0v) is 15.8. The molecule has 0 spiro atoms. The van der Waals surface area contributed by atoms with Gasteiger partial charge in [-0.15, -0.1) is 24.8 Å². The number of nitrogens with zero attached hydrogens (tertiary/aromatic N) is 2. The Morgan fingerprint density at radius 1 is 1.08 bits per heavy atom. The first-order valence-corrected chi connectivity index (χ1v) is 7.37. The molecule has 0 amide bonds. The van der Waals surface area contributed by atoms with Crippen LogP contribution in [0.1, 0.15) is 18.0 Å². The van der Waals surface area contributed by atoms with E-state index in [9.17, 15) is 5.26 Å². The smallest absolute Gasteiger partial charge is 0.203 e. The van der Waals surface area contributed by atoms with Gasteiger partial charge in [-0.2, -0.15) is 5.26 Å². The lowest BCUT2D eigenvalue weighted by atomic mass is 9.99. The van der Waals surface area contributed by atoms with Crippen LogP contribution >= 0.6 is 24.8 Å². The van der Waals surface area contributed by atoms with Gasteiger partial charge in [-0.25, -0.2) is 0 Å². The molecule has 0 radical (unpaired) electrons. The van der Waals surface area contributed by atoms with Crippen LogP contribution < -0.4 is 19.5 Å². The molecule has 0 unspecified atom stereocenters. The molecule has 1 aliphatic rings. The van der Waals surface area contributed by atoms with Crippen molar-refractivity contribution in [2.24, 2.45) is 0 Å². The molecule has 136 valence electrons. The van der Waals surface area contributed by atoms with Gasteiger partial charge in [-0.1, -0.05) is 0 Å². The van der Waals surface area contributed by atoms with Gasteiger partial charge in [0.2, 0.25) is 5.75 Å². The molecule has 1 fully saturated rings. The molecular formula is C16H25Cl2N3O3. The van der Waals surface area contributed by atoms with Crippen molar-refractivity contribution in [1.29, 1.82) is 5.26 Å². The molecule has 1 aromatic carbocycles. The Morgan fingerprint density at radius 2 is 1.71 bits per heavy atom. The molecule has 8 heteroatoms. The highest BCUT2D eigenvalue weighted by Gasteiger charge is 2.27. The fourth-order valence-corrected chi connectivity index (χ4v) is 2.90. The summed E-state index contributed by atoms with van der Waals surface area (Å²) >= 11 is 0. The van der Waals surface area contributed by atoms with Gasteiger partial charge in [0.05, 0.1) is 39.9 Å². The van der Waals surface area contributed by atoms with Crippen LogP contribution in [0.5, 0.6) is 17.2 Å². The van der Waals surface area contributed by atoms with Gasteiger partial charge in [0.15, 0.2) is 11.5 Å². The summed E-state index contributed by atoms with van der Waals surface area (Å²) in [5.41, 5.74) is 0.962. The summed E-state index contributed by atoms with van der Waals surface area (Å²) in [6.45, 7) is 3.67. The van der Waals surface area contributed by atoms with Crippen molar-refractivity contribution in [3.8, 4) is 23.3 Å². The van der Waals surface area contributed by atoms with E-state index >= 15 is 0 Å². The molecule has 1 heterocycles. The summed E-state index contributed by atoms with van der Waals surface area (Å²) in [4.78, 5) is 2.31. The summed E-state index contributed by atoms with van der Waals surface area (Å²) < 4.78 is 16.3. The molecule has 1 saturated heterocycles. The van der Waals surface area contributed by atoms with Crippen molar-refractivity contribution in [3.63, 3.8) is 0 Å². The van der Waals surface area contributed by atoms with Crippen LogP contribution in [0.15, 0.2) is 12.1 Å². The zero-order valence-electron chi connectivity index (χ0n) is 14.2. The van der Waals surface area contributed by atoms with Gasteiger partial charge in [0, 0.05) is 31.7 Å². The second kappa shape index (κ2) is 11.2. The predicted molar refractivity (Wildman–Crippen MR) is 98.0 cm³/mol. The first kappa shape index (κ1) is 22.6. The number of methoxy groups -OCH3 is 3. The van der Waals surface area contributed by atoms with Gasteiger partial charge in [-0.3, -0.25) is 4.90 Å². The minimum absolute atomic E-state index is 0. The number of hydrogen-bond donors (Lipinski definition) is 1. The lowest BCUT2D eigenvalue weighted by Crippen LogP contribution is -2.45. The van der Waals surface area contributed by atoms with E-state index in [1.807, 2.05) is 12.1 Å². The SMILES string of the molecule is COc1ccc([C@H](CC#N)N2CCNCC2)c(OC)c1OC.Cl.Cl. The minimum Gasteiger partial charge on any atom is -0.493 e. The molecule has 1 aliphatic heterocycles. The van der Waals surface area contributed by atoms with Crippen molar-refractivity contribution >= 4 is 24.8 Å². The molecule has 1 aromatic rings. The van der Waals surface area contributed by atoms with Crippen molar-refractivity contribution in [2.75, 3.05) is 47.5 Å². The fraction of sp³-hybridized carbons (Fsp3) is 0.562. The molecule has 0 aliphatic carbocycles. The Hall–Kier alpha value is -1.39. The summed E-state index contributed by atoms with van der Waals surface area (Å²) in [6, 6.07) is 6.11. The monoisotopic (exact) mass is 377 g/mol. The molecule has 1 atom stereocenters. The maximum atomic E-state index is 9.23. The quantitative estimate of drug-likeness (QED) is 0.820. The van der Waals surface area contributed by atoms with Gasteiger partial charge < -0.3 is 19.5 Å². The van der Waals surface area contributed by atoms with Crippen molar-refractivity contribution in [1.82, 2.24) is 10.2 Å². The number of ether oxygens (including phenoxy) is 3. The minimum atomic E-state index is -0.0122. The van der Waals surface area contributed by atoms with Crippen LogP contribution in [0.4, 0.5) is 0 Å². The molecule has 2 rings (SSSR count). The third-order valence-electron chi connectivity index (χ3n) is 3.97. The lowest BCUT2D eigenvalue weighted by Gasteiger charge is -2.35. The number of hydrogen-bond acceptors (Lipinski definition) is 6. The third kappa shape index (κ3) is 4.81. The van der Waals surface area contributed by atoms with E-state index in [4.69, 9.17) is 14.2 Å². The highest BCUT2D eigenvalue weighted by Crippen LogP contribution is 2.44. The van der Waals surface area contributed by atoms with Crippen molar-refractivity contribution < 1.29 is 14.2 Å². The van der Waals surface area contributed by atoms with Crippen LogP contribution in [-0.2, 0) is 0 Å².